The maximum atomic E-state index is 14.7. The van der Waals surface area contributed by atoms with Gasteiger partial charge in [-0.25, -0.2) is 4.79 Å². The Morgan fingerprint density at radius 2 is 1.57 bits per heavy atom. The molecule has 1 spiro atoms. The van der Waals surface area contributed by atoms with Crippen molar-refractivity contribution < 1.29 is 48.0 Å². The minimum atomic E-state index is -1.04. The fourth-order valence-corrected chi connectivity index (χ4v) is 7.79. The Labute approximate surface area is 351 Å². The first-order valence-corrected chi connectivity index (χ1v) is 20.3. The number of carbonyl (C=O) groups excluding carboxylic acids is 5. The van der Waals surface area contributed by atoms with Crippen LogP contribution in [0.1, 0.15) is 72.6 Å². The summed E-state index contributed by atoms with van der Waals surface area (Å²) in [5, 5.41) is 13.1. The van der Waals surface area contributed by atoms with Crippen molar-refractivity contribution in [2.45, 2.75) is 101 Å². The number of ether oxygens (including phenoxy) is 4. The molecule has 1 heterocycles. The molecule has 3 aromatic carbocycles. The molecule has 0 radical (unpaired) electrons. The summed E-state index contributed by atoms with van der Waals surface area (Å²) in [6.45, 7) is 4.86. The van der Waals surface area contributed by atoms with Gasteiger partial charge in [-0.3, -0.25) is 19.2 Å². The van der Waals surface area contributed by atoms with Crippen LogP contribution in [0.2, 0.25) is 0 Å². The van der Waals surface area contributed by atoms with Crippen LogP contribution < -0.4 is 5.32 Å². The number of esters is 2. The average molecular weight is 822 g/mol. The standard InChI is InChI=1S/C47H55N3O10/c1-46(2,3)59-41(53)23-21-35(29-51)48-43(54)37(24-30-14-8-7-9-15-30)50(6)44(55)34-25-38(57-45(56)36-19-13-12-16-31(36)20-22-40(52)49(4)5)42-39(26-34)58-47(60-42)27-32-17-10-11-18-33(32)28-47/h7-20,22,26,35,37-39,42,51H,21,23-25,27-29H2,1-6H3,(H,48,54). The number of amides is 3. The van der Waals surface area contributed by atoms with Gasteiger partial charge in [0.1, 0.15) is 30.0 Å². The zero-order valence-electron chi connectivity index (χ0n) is 35.1. The first-order chi connectivity index (χ1) is 28.5. The zero-order chi connectivity index (χ0) is 43.2. The average Bonchev–Trinajstić information content (AvgIpc) is 3.77. The summed E-state index contributed by atoms with van der Waals surface area (Å²) in [6.07, 6.45) is 3.33. The number of nitrogens with zero attached hydrogens (tertiary/aromatic N) is 2. The minimum absolute atomic E-state index is 0.0277. The predicted molar refractivity (Wildman–Crippen MR) is 223 cm³/mol. The van der Waals surface area contributed by atoms with Crippen LogP contribution >= 0.6 is 0 Å². The fraction of sp³-hybridized carbons (Fsp3) is 0.426. The Bertz CT molecular complexity index is 2100. The molecule has 0 saturated carbocycles. The van der Waals surface area contributed by atoms with E-state index in [2.05, 4.69) is 5.32 Å². The summed E-state index contributed by atoms with van der Waals surface area (Å²) < 4.78 is 25.0. The molecule has 5 atom stereocenters. The molecular formula is C47H55N3O10. The van der Waals surface area contributed by atoms with Crippen molar-refractivity contribution in [1.82, 2.24) is 15.1 Å². The maximum absolute atomic E-state index is 14.7. The van der Waals surface area contributed by atoms with Crippen LogP contribution in [0.25, 0.3) is 6.08 Å². The Morgan fingerprint density at radius 3 is 2.22 bits per heavy atom. The van der Waals surface area contributed by atoms with Gasteiger partial charge in [0.05, 0.1) is 18.2 Å². The molecule has 13 heteroatoms. The third-order valence-corrected chi connectivity index (χ3v) is 10.8. The van der Waals surface area contributed by atoms with Gasteiger partial charge in [-0.2, -0.15) is 0 Å². The number of rotatable bonds is 14. The number of aliphatic hydroxyl groups is 1. The molecule has 0 bridgehead atoms. The third-order valence-electron chi connectivity index (χ3n) is 10.8. The van der Waals surface area contributed by atoms with E-state index >= 15 is 0 Å². The Morgan fingerprint density at radius 1 is 0.917 bits per heavy atom. The van der Waals surface area contributed by atoms with Crippen molar-refractivity contribution in [1.29, 1.82) is 0 Å². The van der Waals surface area contributed by atoms with Crippen LogP contribution in [0.5, 0.6) is 0 Å². The van der Waals surface area contributed by atoms with E-state index in [0.29, 0.717) is 18.4 Å². The van der Waals surface area contributed by atoms with E-state index in [0.717, 1.165) is 16.7 Å². The Hall–Kier alpha value is -5.63. The monoisotopic (exact) mass is 821 g/mol. The lowest BCUT2D eigenvalue weighted by Crippen LogP contribution is -2.53. The first kappa shape index (κ1) is 43.9. The number of aliphatic hydroxyl groups excluding tert-OH is 1. The number of fused-ring (bicyclic) bond motifs is 2. The van der Waals surface area contributed by atoms with Crippen LogP contribution in [0, 0.1) is 0 Å². The van der Waals surface area contributed by atoms with Crippen molar-refractivity contribution in [2.75, 3.05) is 27.7 Å². The highest BCUT2D eigenvalue weighted by atomic mass is 16.8. The number of hydrogen-bond donors (Lipinski definition) is 2. The van der Waals surface area contributed by atoms with Gasteiger partial charge in [0.25, 0.3) is 0 Å². The normalized spacial score (nSPS) is 20.1. The highest BCUT2D eigenvalue weighted by Gasteiger charge is 2.55. The van der Waals surface area contributed by atoms with Crippen molar-refractivity contribution in [3.63, 3.8) is 0 Å². The molecule has 2 N–H and O–H groups in total. The molecule has 318 valence electrons. The SMILES string of the molecule is CN(C)C(=O)C=Cc1ccccc1C(=O)OC1CC(C(=O)N(C)C(Cc2ccccc2)C(=O)NC(CO)CCC(=O)OC(C)(C)C)=CC2OC3(Cc4ccccc4C3)OC21. The molecule has 60 heavy (non-hydrogen) atoms. The molecule has 3 aromatic rings. The van der Waals surface area contributed by atoms with Crippen LogP contribution in [-0.4, -0.2) is 114 Å². The lowest BCUT2D eigenvalue weighted by molar-refractivity contribution is -0.172. The number of likely N-dealkylation sites (N-methyl/N-ethyl adjacent to an activating group) is 2. The van der Waals surface area contributed by atoms with Gasteiger partial charge >= 0.3 is 11.9 Å². The van der Waals surface area contributed by atoms with Crippen LogP contribution in [0.3, 0.4) is 0 Å². The second-order valence-corrected chi connectivity index (χ2v) is 16.8. The molecule has 13 nitrogen and oxygen atoms in total. The van der Waals surface area contributed by atoms with Crippen LogP contribution in [0.4, 0.5) is 0 Å². The molecule has 5 unspecified atom stereocenters. The van der Waals surface area contributed by atoms with E-state index in [-0.39, 0.29) is 42.7 Å². The smallest absolute Gasteiger partial charge is 0.339 e. The summed E-state index contributed by atoms with van der Waals surface area (Å²) in [5.41, 5.74) is 3.25. The molecule has 6 rings (SSSR count). The van der Waals surface area contributed by atoms with Gasteiger partial charge in [0.15, 0.2) is 5.79 Å². The van der Waals surface area contributed by atoms with E-state index in [1.165, 1.54) is 22.9 Å². The quantitative estimate of drug-likeness (QED) is 0.174. The lowest BCUT2D eigenvalue weighted by Gasteiger charge is -2.34. The van der Waals surface area contributed by atoms with Crippen molar-refractivity contribution in [3.8, 4) is 0 Å². The number of nitrogens with one attached hydrogen (secondary N) is 1. The lowest BCUT2D eigenvalue weighted by atomic mass is 9.90. The van der Waals surface area contributed by atoms with Crippen LogP contribution in [-0.2, 0) is 57.4 Å². The minimum Gasteiger partial charge on any atom is -0.460 e. The molecule has 1 saturated heterocycles. The van der Waals surface area contributed by atoms with E-state index in [4.69, 9.17) is 18.9 Å². The number of hydrogen-bond acceptors (Lipinski definition) is 10. The molecule has 0 aromatic heterocycles. The maximum Gasteiger partial charge on any atom is 0.339 e. The third kappa shape index (κ3) is 10.8. The topological polar surface area (TPSA) is 161 Å². The van der Waals surface area contributed by atoms with E-state index in [9.17, 15) is 29.1 Å². The summed E-state index contributed by atoms with van der Waals surface area (Å²) >= 11 is 0. The van der Waals surface area contributed by atoms with E-state index in [1.807, 2.05) is 54.6 Å². The molecule has 1 aliphatic heterocycles. The number of benzene rings is 3. The summed E-state index contributed by atoms with van der Waals surface area (Å²) in [6, 6.07) is 22.2. The molecule has 1 fully saturated rings. The van der Waals surface area contributed by atoms with Crippen molar-refractivity contribution >= 4 is 35.7 Å². The summed E-state index contributed by atoms with van der Waals surface area (Å²) in [5.74, 6) is -3.41. The van der Waals surface area contributed by atoms with Crippen LogP contribution in [0.15, 0.2) is 96.6 Å². The Balaban J connectivity index is 1.26. The molecule has 3 aliphatic rings. The molecule has 2 aliphatic carbocycles. The summed E-state index contributed by atoms with van der Waals surface area (Å²) in [7, 11) is 4.80. The van der Waals surface area contributed by atoms with Crippen molar-refractivity contribution in [2.24, 2.45) is 0 Å². The second kappa shape index (κ2) is 18.7. The highest BCUT2D eigenvalue weighted by Crippen LogP contribution is 2.45. The van der Waals surface area contributed by atoms with Gasteiger partial charge in [-0.1, -0.05) is 72.8 Å². The van der Waals surface area contributed by atoms with Gasteiger partial charge in [-0.05, 0) is 67.7 Å². The largest absolute Gasteiger partial charge is 0.460 e. The van der Waals surface area contributed by atoms with Gasteiger partial charge in [-0.15, -0.1) is 0 Å². The van der Waals surface area contributed by atoms with Gasteiger partial charge in [0, 0.05) is 64.9 Å². The van der Waals surface area contributed by atoms with Gasteiger partial charge < -0.3 is 39.2 Å². The highest BCUT2D eigenvalue weighted by molar-refractivity contribution is 5.98. The second-order valence-electron chi connectivity index (χ2n) is 16.8. The van der Waals surface area contributed by atoms with Crippen molar-refractivity contribution in [3.05, 3.63) is 124 Å². The zero-order valence-corrected chi connectivity index (χ0v) is 35.1. The molecule has 3 amide bonds. The van der Waals surface area contributed by atoms with Gasteiger partial charge in [0.2, 0.25) is 17.7 Å². The Kier molecular flexibility index (Phi) is 13.7. The van der Waals surface area contributed by atoms with E-state index < -0.39 is 72.1 Å². The summed E-state index contributed by atoms with van der Waals surface area (Å²) in [4.78, 5) is 70.4. The van der Waals surface area contributed by atoms with E-state index in [1.54, 1.807) is 71.3 Å². The fourth-order valence-electron chi connectivity index (χ4n) is 7.79. The molecular weight excluding hydrogens is 767 g/mol. The number of carbonyl (C=O) groups is 5. The first-order valence-electron chi connectivity index (χ1n) is 20.3. The predicted octanol–water partition coefficient (Wildman–Crippen LogP) is 4.59.